The van der Waals surface area contributed by atoms with Crippen LogP contribution in [0.5, 0.6) is 0 Å². The lowest BCUT2D eigenvalue weighted by atomic mass is 10.1. The number of rotatable bonds is 2. The summed E-state index contributed by atoms with van der Waals surface area (Å²) in [7, 11) is 0. The van der Waals surface area contributed by atoms with E-state index in [-0.39, 0.29) is 0 Å². The quantitative estimate of drug-likeness (QED) is 0.499. The minimum atomic E-state index is 0.574. The van der Waals surface area contributed by atoms with Crippen LogP contribution in [-0.4, -0.2) is 11.7 Å². The van der Waals surface area contributed by atoms with Crippen LogP contribution in [0.3, 0.4) is 0 Å². The Hall–Kier alpha value is -1.20. The molecule has 1 heterocycles. The summed E-state index contributed by atoms with van der Waals surface area (Å²) in [4.78, 5) is 7.17. The molecule has 0 spiro atoms. The van der Waals surface area contributed by atoms with E-state index < -0.39 is 0 Å². The van der Waals surface area contributed by atoms with Crippen LogP contribution in [0.1, 0.15) is 6.92 Å². The largest absolute Gasteiger partial charge is 0.297 e. The van der Waals surface area contributed by atoms with Gasteiger partial charge in [-0.15, -0.1) is 0 Å². The predicted octanol–water partition coefficient (Wildman–Crippen LogP) is 3.65. The third-order valence-corrected chi connectivity index (χ3v) is 3.85. The number of hydrogen-bond acceptors (Lipinski definition) is 2. The highest BCUT2D eigenvalue weighted by Crippen LogP contribution is 2.26. The van der Waals surface area contributed by atoms with Gasteiger partial charge in [0, 0.05) is 20.4 Å². The smallest absolute Gasteiger partial charge is 0.245 e. The summed E-state index contributed by atoms with van der Waals surface area (Å²) in [5.41, 5.74) is 1.86. The molecule has 3 nitrogen and oxygen atoms in total. The van der Waals surface area contributed by atoms with Crippen LogP contribution in [-0.2, 0) is 0 Å². The van der Waals surface area contributed by atoms with E-state index in [4.69, 9.17) is 4.84 Å². The molecule has 0 amide bonds. The van der Waals surface area contributed by atoms with Crippen molar-refractivity contribution < 1.29 is 9.68 Å². The first kappa shape index (κ1) is 12.8. The van der Waals surface area contributed by atoms with E-state index in [0.717, 1.165) is 30.8 Å². The van der Waals surface area contributed by atoms with Gasteiger partial charge in [-0.05, 0) is 37.3 Å². The monoisotopic (exact) mass is 381 g/mol. The summed E-state index contributed by atoms with van der Waals surface area (Å²) >= 11 is 7.03. The van der Waals surface area contributed by atoms with Gasteiger partial charge in [0.15, 0.2) is 6.61 Å². The van der Waals surface area contributed by atoms with E-state index in [2.05, 4.69) is 49.1 Å². The Kier molecular flexibility index (Phi) is 3.41. The van der Waals surface area contributed by atoms with Crippen molar-refractivity contribution in [2.24, 2.45) is 0 Å². The number of aromatic nitrogens is 2. The van der Waals surface area contributed by atoms with Crippen LogP contribution in [0.25, 0.3) is 21.8 Å². The van der Waals surface area contributed by atoms with Crippen LogP contribution < -0.4 is 9.68 Å². The zero-order chi connectivity index (χ0) is 13.4. The van der Waals surface area contributed by atoms with E-state index in [1.165, 1.54) is 0 Å². The normalized spacial score (nSPS) is 11.1. The van der Waals surface area contributed by atoms with Gasteiger partial charge in [-0.2, -0.15) is 0 Å². The molecule has 3 rings (SSSR count). The molecule has 0 aliphatic rings. The fourth-order valence-electron chi connectivity index (χ4n) is 2.07. The highest BCUT2D eigenvalue weighted by molar-refractivity contribution is 9.10. The first-order chi connectivity index (χ1) is 9.19. The maximum atomic E-state index is 5.58. The second-order valence-electron chi connectivity index (χ2n) is 4.11. The fourth-order valence-corrected chi connectivity index (χ4v) is 2.80. The predicted molar refractivity (Wildman–Crippen MR) is 82.0 cm³/mol. The summed E-state index contributed by atoms with van der Waals surface area (Å²) in [6.45, 7) is 2.52. The molecule has 0 unspecified atom stereocenters. The van der Waals surface area contributed by atoms with Crippen LogP contribution in [0, 0.1) is 0 Å². The maximum Gasteiger partial charge on any atom is 0.297 e. The molecular formula is C14H11Br2N2O+. The molecule has 0 bridgehead atoms. The van der Waals surface area contributed by atoms with Crippen molar-refractivity contribution in [2.75, 3.05) is 6.61 Å². The Morgan fingerprint density at radius 2 is 1.74 bits per heavy atom. The number of benzene rings is 2. The molecule has 96 valence electrons. The van der Waals surface area contributed by atoms with Gasteiger partial charge in [0.25, 0.3) is 5.52 Å². The van der Waals surface area contributed by atoms with Gasteiger partial charge < -0.3 is 0 Å². The molecule has 0 saturated carbocycles. The average Bonchev–Trinajstić information content (AvgIpc) is 2.40. The molecule has 0 fully saturated rings. The number of halogens is 2. The fraction of sp³-hybridized carbons (Fsp3) is 0.143. The van der Waals surface area contributed by atoms with Gasteiger partial charge in [0.2, 0.25) is 0 Å². The van der Waals surface area contributed by atoms with Crippen molar-refractivity contribution in [3.05, 3.63) is 45.3 Å². The third kappa shape index (κ3) is 2.32. The second kappa shape index (κ2) is 5.06. The molecule has 0 saturated heterocycles. The van der Waals surface area contributed by atoms with Gasteiger partial charge in [-0.1, -0.05) is 31.9 Å². The Morgan fingerprint density at radius 1 is 1.05 bits per heavy atom. The second-order valence-corrected chi connectivity index (χ2v) is 5.95. The standard InChI is InChI=1S/C14H11Br2N2O/c1-2-19-18-14-6-4-10(16)8-12(14)11-7-9(15)3-5-13(11)17-18/h3-8H,2H2,1H3/q+1. The van der Waals surface area contributed by atoms with Gasteiger partial charge >= 0.3 is 0 Å². The van der Waals surface area contributed by atoms with Gasteiger partial charge in [-0.3, -0.25) is 0 Å². The van der Waals surface area contributed by atoms with E-state index in [0.29, 0.717) is 6.61 Å². The highest BCUT2D eigenvalue weighted by Gasteiger charge is 2.17. The molecule has 19 heavy (non-hydrogen) atoms. The molecule has 1 aromatic heterocycles. The molecule has 3 aromatic rings. The van der Waals surface area contributed by atoms with Crippen molar-refractivity contribution in [3.63, 3.8) is 0 Å². The lowest BCUT2D eigenvalue weighted by molar-refractivity contribution is -0.913. The van der Waals surface area contributed by atoms with Crippen LogP contribution in [0.15, 0.2) is 45.3 Å². The first-order valence-electron chi connectivity index (χ1n) is 5.93. The minimum Gasteiger partial charge on any atom is -0.245 e. The molecule has 5 heteroatoms. The minimum absolute atomic E-state index is 0.574. The van der Waals surface area contributed by atoms with Gasteiger partial charge in [0.1, 0.15) is 10.4 Å². The zero-order valence-corrected chi connectivity index (χ0v) is 13.4. The lowest BCUT2D eigenvalue weighted by Crippen LogP contribution is -2.46. The molecule has 0 aliphatic carbocycles. The average molecular weight is 383 g/mol. The van der Waals surface area contributed by atoms with E-state index in [1.807, 2.05) is 31.2 Å². The molecular weight excluding hydrogens is 372 g/mol. The number of nitrogens with zero attached hydrogens (tertiary/aromatic N) is 2. The molecule has 2 aromatic carbocycles. The first-order valence-corrected chi connectivity index (χ1v) is 7.52. The van der Waals surface area contributed by atoms with Crippen molar-refractivity contribution >= 4 is 53.7 Å². The van der Waals surface area contributed by atoms with E-state index >= 15 is 0 Å². The van der Waals surface area contributed by atoms with Crippen LogP contribution in [0.2, 0.25) is 0 Å². The molecule has 0 radical (unpaired) electrons. The summed E-state index contributed by atoms with van der Waals surface area (Å²) in [6, 6.07) is 12.1. The van der Waals surface area contributed by atoms with E-state index in [1.54, 1.807) is 4.85 Å². The SMILES string of the molecule is CCO[n+]1nc2ccc(Br)cc2c2cc(Br)ccc21. The Bertz CT molecular complexity index is 774. The van der Waals surface area contributed by atoms with Crippen LogP contribution >= 0.6 is 31.9 Å². The van der Waals surface area contributed by atoms with Crippen molar-refractivity contribution in [2.45, 2.75) is 6.92 Å². The molecule has 0 aliphatic heterocycles. The topological polar surface area (TPSA) is 26.0 Å². The summed E-state index contributed by atoms with van der Waals surface area (Å²) in [5, 5.41) is 6.73. The van der Waals surface area contributed by atoms with Crippen molar-refractivity contribution in [1.82, 2.24) is 5.10 Å². The summed E-state index contributed by atoms with van der Waals surface area (Å²) in [5.74, 6) is 0. The molecule has 0 N–H and O–H groups in total. The lowest BCUT2D eigenvalue weighted by Gasteiger charge is -2.02. The zero-order valence-electron chi connectivity index (χ0n) is 10.2. The third-order valence-electron chi connectivity index (χ3n) is 2.86. The van der Waals surface area contributed by atoms with Crippen molar-refractivity contribution in [1.29, 1.82) is 0 Å². The Balaban J connectivity index is 2.47. The Morgan fingerprint density at radius 3 is 2.47 bits per heavy atom. The Labute approximate surface area is 127 Å². The molecule has 0 atom stereocenters. The van der Waals surface area contributed by atoms with Gasteiger partial charge in [-0.25, -0.2) is 4.84 Å². The maximum absolute atomic E-state index is 5.58. The van der Waals surface area contributed by atoms with Gasteiger partial charge in [0.05, 0.1) is 10.5 Å². The highest BCUT2D eigenvalue weighted by atomic mass is 79.9. The summed E-state index contributed by atoms with van der Waals surface area (Å²) in [6.07, 6.45) is 0. The summed E-state index contributed by atoms with van der Waals surface area (Å²) < 4.78 is 2.08. The van der Waals surface area contributed by atoms with E-state index in [9.17, 15) is 0 Å². The number of hydrogen-bond donors (Lipinski definition) is 0. The van der Waals surface area contributed by atoms with Crippen molar-refractivity contribution in [3.8, 4) is 0 Å². The van der Waals surface area contributed by atoms with Crippen LogP contribution in [0.4, 0.5) is 0 Å². The number of fused-ring (bicyclic) bond motifs is 3.